The van der Waals surface area contributed by atoms with Gasteiger partial charge in [-0.15, -0.1) is 0 Å². The summed E-state index contributed by atoms with van der Waals surface area (Å²) >= 11 is 0. The average Bonchev–Trinajstić information content (AvgIpc) is 3.15. The Balaban J connectivity index is 2.26. The van der Waals surface area contributed by atoms with Gasteiger partial charge in [-0.25, -0.2) is 0 Å². The highest BCUT2D eigenvalue weighted by molar-refractivity contribution is 5.70. The molecule has 1 heterocycles. The van der Waals surface area contributed by atoms with Crippen LogP contribution in [0.3, 0.4) is 0 Å². The summed E-state index contributed by atoms with van der Waals surface area (Å²) < 4.78 is 16.2. The molecule has 212 valence electrons. The standard InChI is InChI=1S/C29H54O7/c1-3-5-7-9-11-13-15-17-19-21-25(31)35-27-24(23-30)34-29(33)28(27)36-26(32)22-20-18-16-14-12-10-8-6-4-2/h24,27-30,33H,3-23H2,1-2H3/t24-,27-,28-,29-/m1/s1. The van der Waals surface area contributed by atoms with Crippen molar-refractivity contribution in [1.29, 1.82) is 0 Å². The van der Waals surface area contributed by atoms with Crippen LogP contribution in [0.25, 0.3) is 0 Å². The summed E-state index contributed by atoms with van der Waals surface area (Å²) in [6, 6.07) is 0. The lowest BCUT2D eigenvalue weighted by molar-refractivity contribution is -0.177. The van der Waals surface area contributed by atoms with Gasteiger partial charge in [0, 0.05) is 12.8 Å². The minimum Gasteiger partial charge on any atom is -0.455 e. The first-order valence-electron chi connectivity index (χ1n) is 14.9. The fourth-order valence-electron chi connectivity index (χ4n) is 4.70. The van der Waals surface area contributed by atoms with E-state index in [-0.39, 0.29) is 12.8 Å². The minimum atomic E-state index is -1.42. The molecular weight excluding hydrogens is 460 g/mol. The zero-order valence-electron chi connectivity index (χ0n) is 23.1. The molecule has 7 nitrogen and oxygen atoms in total. The van der Waals surface area contributed by atoms with Gasteiger partial charge < -0.3 is 24.4 Å². The molecule has 0 radical (unpaired) electrons. The fraction of sp³-hybridized carbons (Fsp3) is 0.931. The van der Waals surface area contributed by atoms with E-state index in [1.54, 1.807) is 0 Å². The third-order valence-electron chi connectivity index (χ3n) is 6.97. The number of aliphatic hydroxyl groups excluding tert-OH is 2. The topological polar surface area (TPSA) is 102 Å². The SMILES string of the molecule is CCCCCCCCCCCC(=O)O[C@@H]1[C@H](OC(=O)CCCCCCCCCCC)[C@@H](CO)O[C@H]1O. The second kappa shape index (κ2) is 21.9. The second-order valence-corrected chi connectivity index (χ2v) is 10.3. The maximum Gasteiger partial charge on any atom is 0.306 e. The number of hydrogen-bond donors (Lipinski definition) is 2. The summed E-state index contributed by atoms with van der Waals surface area (Å²) in [5.41, 5.74) is 0. The smallest absolute Gasteiger partial charge is 0.306 e. The lowest BCUT2D eigenvalue weighted by Crippen LogP contribution is -2.41. The molecule has 1 rings (SSSR count). The molecule has 36 heavy (non-hydrogen) atoms. The van der Waals surface area contributed by atoms with E-state index in [2.05, 4.69) is 13.8 Å². The zero-order chi connectivity index (χ0) is 26.4. The van der Waals surface area contributed by atoms with Gasteiger partial charge in [-0.3, -0.25) is 9.59 Å². The van der Waals surface area contributed by atoms with Gasteiger partial charge in [0.05, 0.1) is 6.61 Å². The Morgan fingerprint density at radius 1 is 0.611 bits per heavy atom. The van der Waals surface area contributed by atoms with E-state index < -0.39 is 43.1 Å². The molecule has 0 unspecified atom stereocenters. The normalized spacial score (nSPS) is 21.6. The molecular formula is C29H54O7. The molecule has 0 amide bonds. The van der Waals surface area contributed by atoms with E-state index in [9.17, 15) is 19.8 Å². The van der Waals surface area contributed by atoms with E-state index in [0.29, 0.717) is 0 Å². The van der Waals surface area contributed by atoms with Crippen LogP contribution in [0, 0.1) is 0 Å². The summed E-state index contributed by atoms with van der Waals surface area (Å²) in [5, 5.41) is 19.8. The predicted octanol–water partition coefficient (Wildman–Crippen LogP) is 6.36. The molecule has 1 saturated heterocycles. The summed E-state index contributed by atoms with van der Waals surface area (Å²) in [6.45, 7) is 4.00. The molecule has 0 aromatic carbocycles. The molecule has 0 aromatic rings. The van der Waals surface area contributed by atoms with Gasteiger partial charge in [0.2, 0.25) is 0 Å². The minimum absolute atomic E-state index is 0.252. The summed E-state index contributed by atoms with van der Waals surface area (Å²) in [7, 11) is 0. The number of carbonyl (C=O) groups excluding carboxylic acids is 2. The lowest BCUT2D eigenvalue weighted by atomic mass is 10.1. The average molecular weight is 515 g/mol. The van der Waals surface area contributed by atoms with Crippen molar-refractivity contribution in [3.63, 3.8) is 0 Å². The Morgan fingerprint density at radius 2 is 0.972 bits per heavy atom. The highest BCUT2D eigenvalue weighted by Crippen LogP contribution is 2.27. The first-order chi connectivity index (χ1) is 17.5. The van der Waals surface area contributed by atoms with Crippen molar-refractivity contribution in [3.05, 3.63) is 0 Å². The van der Waals surface area contributed by atoms with E-state index in [1.165, 1.54) is 77.0 Å². The second-order valence-electron chi connectivity index (χ2n) is 10.3. The number of hydrogen-bond acceptors (Lipinski definition) is 7. The Morgan fingerprint density at radius 3 is 1.36 bits per heavy atom. The van der Waals surface area contributed by atoms with Gasteiger partial charge in [0.25, 0.3) is 0 Å². The van der Waals surface area contributed by atoms with Crippen LogP contribution < -0.4 is 0 Å². The number of aliphatic hydroxyl groups is 2. The van der Waals surface area contributed by atoms with Crippen molar-refractivity contribution >= 4 is 11.9 Å². The van der Waals surface area contributed by atoms with E-state index >= 15 is 0 Å². The molecule has 0 aliphatic carbocycles. The summed E-state index contributed by atoms with van der Waals surface area (Å²) in [5.74, 6) is -0.858. The lowest BCUT2D eigenvalue weighted by Gasteiger charge is -2.22. The van der Waals surface area contributed by atoms with Crippen LogP contribution in [-0.4, -0.2) is 53.4 Å². The molecule has 0 saturated carbocycles. The van der Waals surface area contributed by atoms with Gasteiger partial charge in [-0.1, -0.05) is 117 Å². The van der Waals surface area contributed by atoms with Gasteiger partial charge in [-0.05, 0) is 12.8 Å². The maximum absolute atomic E-state index is 12.4. The Bertz CT molecular complexity index is 554. The molecule has 1 aliphatic rings. The molecule has 0 aromatic heterocycles. The van der Waals surface area contributed by atoms with E-state index in [0.717, 1.165) is 38.5 Å². The van der Waals surface area contributed by atoms with Crippen LogP contribution in [0.4, 0.5) is 0 Å². The maximum atomic E-state index is 12.4. The molecule has 1 aliphatic heterocycles. The van der Waals surface area contributed by atoms with E-state index in [4.69, 9.17) is 14.2 Å². The van der Waals surface area contributed by atoms with Crippen LogP contribution in [0.1, 0.15) is 142 Å². The van der Waals surface area contributed by atoms with E-state index in [1.807, 2.05) is 0 Å². The molecule has 0 spiro atoms. The molecule has 2 N–H and O–H groups in total. The van der Waals surface area contributed by atoms with Crippen molar-refractivity contribution in [2.75, 3.05) is 6.61 Å². The summed E-state index contributed by atoms with van der Waals surface area (Å²) in [4.78, 5) is 24.7. The van der Waals surface area contributed by atoms with Gasteiger partial charge in [0.15, 0.2) is 18.5 Å². The van der Waals surface area contributed by atoms with Crippen molar-refractivity contribution in [3.8, 4) is 0 Å². The fourth-order valence-corrected chi connectivity index (χ4v) is 4.70. The van der Waals surface area contributed by atoms with Crippen LogP contribution in [-0.2, 0) is 23.8 Å². The number of carbonyl (C=O) groups is 2. The van der Waals surface area contributed by atoms with Crippen molar-refractivity contribution in [1.82, 2.24) is 0 Å². The summed E-state index contributed by atoms with van der Waals surface area (Å²) in [6.07, 6.45) is 16.8. The van der Waals surface area contributed by atoms with Crippen LogP contribution in [0.5, 0.6) is 0 Å². The Hall–Kier alpha value is -1.18. The first-order valence-corrected chi connectivity index (χ1v) is 14.9. The predicted molar refractivity (Wildman–Crippen MR) is 141 cm³/mol. The van der Waals surface area contributed by atoms with Gasteiger partial charge in [0.1, 0.15) is 6.10 Å². The number of rotatable bonds is 23. The highest BCUT2D eigenvalue weighted by Gasteiger charge is 2.48. The van der Waals surface area contributed by atoms with Crippen molar-refractivity contribution in [2.45, 2.75) is 167 Å². The third-order valence-corrected chi connectivity index (χ3v) is 6.97. The number of unbranched alkanes of at least 4 members (excludes halogenated alkanes) is 16. The monoisotopic (exact) mass is 514 g/mol. The molecule has 1 fully saturated rings. The molecule has 0 bridgehead atoms. The van der Waals surface area contributed by atoms with Gasteiger partial charge in [-0.2, -0.15) is 0 Å². The number of esters is 2. The van der Waals surface area contributed by atoms with Crippen LogP contribution in [0.2, 0.25) is 0 Å². The zero-order valence-corrected chi connectivity index (χ0v) is 23.1. The van der Waals surface area contributed by atoms with Crippen LogP contribution in [0.15, 0.2) is 0 Å². The first kappa shape index (κ1) is 32.8. The largest absolute Gasteiger partial charge is 0.455 e. The quantitative estimate of drug-likeness (QED) is 0.121. The third kappa shape index (κ3) is 15.2. The molecule has 4 atom stereocenters. The Labute approximate surface area is 219 Å². The van der Waals surface area contributed by atoms with Gasteiger partial charge >= 0.3 is 11.9 Å². The van der Waals surface area contributed by atoms with Crippen molar-refractivity contribution < 1.29 is 34.0 Å². The molecule has 7 heteroatoms. The van der Waals surface area contributed by atoms with Crippen LogP contribution >= 0.6 is 0 Å². The highest BCUT2D eigenvalue weighted by atomic mass is 16.7. The van der Waals surface area contributed by atoms with Crippen molar-refractivity contribution in [2.24, 2.45) is 0 Å². The Kier molecular flexibility index (Phi) is 19.9. The number of ether oxygens (including phenoxy) is 3.